The van der Waals surface area contributed by atoms with Crippen molar-refractivity contribution >= 4 is 28.0 Å². The van der Waals surface area contributed by atoms with Crippen molar-refractivity contribution in [2.45, 2.75) is 39.3 Å². The van der Waals surface area contributed by atoms with Crippen LogP contribution in [0, 0.1) is 0 Å². The lowest BCUT2D eigenvalue weighted by atomic mass is 10.1. The highest BCUT2D eigenvalue weighted by molar-refractivity contribution is 6.02. The van der Waals surface area contributed by atoms with Crippen molar-refractivity contribution in [3.63, 3.8) is 0 Å². The Hall–Kier alpha value is -3.41. The summed E-state index contributed by atoms with van der Waals surface area (Å²) in [4.78, 5) is 20.1. The van der Waals surface area contributed by atoms with E-state index in [-0.39, 0.29) is 0 Å². The standard InChI is InChI=1S/C23H24N4O2/c1-2-3-8-21-26-20-14-24-19-7-5-4-6-18(19)22(20)27(21)15-17-11-9-16(10-12-17)13-25-23(28)29/h4-7,9-12,14,25H,2-3,8,13,15H2,1H3,(H,28,29). The number of rotatable bonds is 7. The second-order valence-electron chi connectivity index (χ2n) is 7.20. The molecule has 2 aromatic carbocycles. The van der Waals surface area contributed by atoms with Crippen molar-refractivity contribution in [1.29, 1.82) is 0 Å². The number of para-hydroxylation sites is 1. The number of carboxylic acid groups (broad SMARTS) is 1. The van der Waals surface area contributed by atoms with Gasteiger partial charge < -0.3 is 15.0 Å². The predicted octanol–water partition coefficient (Wildman–Crippen LogP) is 4.74. The van der Waals surface area contributed by atoms with E-state index in [2.05, 4.69) is 40.0 Å². The molecule has 2 N–H and O–H groups in total. The quantitative estimate of drug-likeness (QED) is 0.479. The molecular weight excluding hydrogens is 364 g/mol. The van der Waals surface area contributed by atoms with Gasteiger partial charge in [-0.2, -0.15) is 0 Å². The second-order valence-corrected chi connectivity index (χ2v) is 7.20. The highest BCUT2D eigenvalue weighted by atomic mass is 16.4. The third kappa shape index (κ3) is 4.06. The fraction of sp³-hybridized carbons (Fsp3) is 0.261. The molecule has 2 heterocycles. The first-order valence-electron chi connectivity index (χ1n) is 9.93. The normalized spacial score (nSPS) is 11.2. The van der Waals surface area contributed by atoms with E-state index in [1.54, 1.807) is 0 Å². The number of aromatic nitrogens is 3. The van der Waals surface area contributed by atoms with Crippen LogP contribution in [0.15, 0.2) is 54.7 Å². The minimum Gasteiger partial charge on any atom is -0.465 e. The number of carbonyl (C=O) groups is 1. The fourth-order valence-electron chi connectivity index (χ4n) is 3.63. The molecule has 0 saturated heterocycles. The Kier molecular flexibility index (Phi) is 5.42. The van der Waals surface area contributed by atoms with Crippen LogP contribution in [-0.2, 0) is 19.5 Å². The maximum atomic E-state index is 10.7. The molecule has 6 heteroatoms. The molecule has 29 heavy (non-hydrogen) atoms. The van der Waals surface area contributed by atoms with Gasteiger partial charge >= 0.3 is 6.09 Å². The van der Waals surface area contributed by atoms with Crippen molar-refractivity contribution in [2.24, 2.45) is 0 Å². The minimum atomic E-state index is -1.01. The van der Waals surface area contributed by atoms with E-state index in [4.69, 9.17) is 10.1 Å². The van der Waals surface area contributed by atoms with Gasteiger partial charge in [-0.1, -0.05) is 55.8 Å². The molecule has 0 aliphatic rings. The Morgan fingerprint density at radius 2 is 1.83 bits per heavy atom. The summed E-state index contributed by atoms with van der Waals surface area (Å²) in [6.45, 7) is 3.21. The Morgan fingerprint density at radius 3 is 2.59 bits per heavy atom. The Bertz CT molecular complexity index is 1150. The molecule has 0 fully saturated rings. The molecule has 0 bridgehead atoms. The highest BCUT2D eigenvalue weighted by Crippen LogP contribution is 2.26. The molecule has 0 saturated carbocycles. The van der Waals surface area contributed by atoms with Gasteiger partial charge in [0.25, 0.3) is 0 Å². The van der Waals surface area contributed by atoms with Crippen molar-refractivity contribution < 1.29 is 9.90 Å². The lowest BCUT2D eigenvalue weighted by Crippen LogP contribution is -2.19. The monoisotopic (exact) mass is 388 g/mol. The summed E-state index contributed by atoms with van der Waals surface area (Å²) < 4.78 is 2.31. The first kappa shape index (κ1) is 18.9. The molecule has 148 valence electrons. The molecule has 0 aliphatic carbocycles. The maximum Gasteiger partial charge on any atom is 0.404 e. The van der Waals surface area contributed by atoms with Crippen molar-refractivity contribution in [3.8, 4) is 0 Å². The van der Waals surface area contributed by atoms with Crippen LogP contribution in [0.25, 0.3) is 21.9 Å². The topological polar surface area (TPSA) is 80.0 Å². The number of hydrogen-bond acceptors (Lipinski definition) is 3. The number of nitrogens with one attached hydrogen (secondary N) is 1. The van der Waals surface area contributed by atoms with E-state index in [1.165, 1.54) is 0 Å². The summed E-state index contributed by atoms with van der Waals surface area (Å²) in [5, 5.41) is 12.3. The molecule has 2 aromatic heterocycles. The van der Waals surface area contributed by atoms with E-state index < -0.39 is 6.09 Å². The predicted molar refractivity (Wildman–Crippen MR) is 114 cm³/mol. The first-order valence-corrected chi connectivity index (χ1v) is 9.93. The Balaban J connectivity index is 1.72. The summed E-state index contributed by atoms with van der Waals surface area (Å²) in [5.41, 5.74) is 5.11. The molecule has 1 amide bonds. The lowest BCUT2D eigenvalue weighted by Gasteiger charge is -2.11. The smallest absolute Gasteiger partial charge is 0.404 e. The molecule has 0 spiro atoms. The van der Waals surface area contributed by atoms with E-state index in [9.17, 15) is 4.79 Å². The van der Waals surface area contributed by atoms with Gasteiger partial charge in [0.2, 0.25) is 0 Å². The van der Waals surface area contributed by atoms with E-state index in [0.29, 0.717) is 6.54 Å². The number of unbranched alkanes of at least 4 members (excludes halogenated alkanes) is 1. The number of aryl methyl sites for hydroxylation is 1. The van der Waals surface area contributed by atoms with Gasteiger partial charge in [0.05, 0.1) is 17.2 Å². The van der Waals surface area contributed by atoms with Gasteiger partial charge in [-0.3, -0.25) is 4.98 Å². The number of fused-ring (bicyclic) bond motifs is 3. The highest BCUT2D eigenvalue weighted by Gasteiger charge is 2.14. The van der Waals surface area contributed by atoms with Gasteiger partial charge in [-0.15, -0.1) is 0 Å². The van der Waals surface area contributed by atoms with E-state index in [0.717, 1.165) is 64.7 Å². The summed E-state index contributed by atoms with van der Waals surface area (Å²) in [6.07, 6.45) is 3.99. The van der Waals surface area contributed by atoms with Crippen LogP contribution in [-0.4, -0.2) is 25.7 Å². The van der Waals surface area contributed by atoms with Crippen LogP contribution in [0.2, 0.25) is 0 Å². The SMILES string of the molecule is CCCCc1nc2cnc3ccccc3c2n1Cc1ccc(CNC(=O)O)cc1. The maximum absolute atomic E-state index is 10.7. The molecule has 4 rings (SSSR count). The minimum absolute atomic E-state index is 0.307. The molecule has 0 radical (unpaired) electrons. The van der Waals surface area contributed by atoms with Crippen LogP contribution < -0.4 is 5.32 Å². The molecule has 6 nitrogen and oxygen atoms in total. The summed E-state index contributed by atoms with van der Waals surface area (Å²) >= 11 is 0. The molecule has 0 unspecified atom stereocenters. The number of benzene rings is 2. The van der Waals surface area contributed by atoms with Gasteiger partial charge in [-0.25, -0.2) is 9.78 Å². The zero-order valence-electron chi connectivity index (χ0n) is 16.4. The van der Waals surface area contributed by atoms with Crippen molar-refractivity contribution in [1.82, 2.24) is 19.9 Å². The Labute approximate surface area is 169 Å². The summed E-state index contributed by atoms with van der Waals surface area (Å²) in [6, 6.07) is 16.2. The third-order valence-corrected chi connectivity index (χ3v) is 5.12. The number of pyridine rings is 1. The van der Waals surface area contributed by atoms with Gasteiger partial charge in [-0.05, 0) is 23.6 Å². The zero-order chi connectivity index (χ0) is 20.2. The summed E-state index contributed by atoms with van der Waals surface area (Å²) in [5.74, 6) is 1.08. The van der Waals surface area contributed by atoms with Crippen LogP contribution in [0.1, 0.15) is 36.7 Å². The van der Waals surface area contributed by atoms with Crippen LogP contribution >= 0.6 is 0 Å². The van der Waals surface area contributed by atoms with Crippen molar-refractivity contribution in [2.75, 3.05) is 0 Å². The van der Waals surface area contributed by atoms with Gasteiger partial charge in [0.1, 0.15) is 11.3 Å². The van der Waals surface area contributed by atoms with Crippen LogP contribution in [0.4, 0.5) is 4.79 Å². The van der Waals surface area contributed by atoms with Crippen LogP contribution in [0.5, 0.6) is 0 Å². The van der Waals surface area contributed by atoms with E-state index >= 15 is 0 Å². The molecular formula is C23H24N4O2. The van der Waals surface area contributed by atoms with Crippen molar-refractivity contribution in [3.05, 3.63) is 71.7 Å². The van der Waals surface area contributed by atoms with E-state index in [1.807, 2.05) is 36.5 Å². The number of amides is 1. The number of imidazole rings is 1. The molecule has 0 atom stereocenters. The first-order chi connectivity index (χ1) is 14.2. The number of hydrogen-bond donors (Lipinski definition) is 2. The Morgan fingerprint density at radius 1 is 1.07 bits per heavy atom. The lowest BCUT2D eigenvalue weighted by molar-refractivity contribution is 0.194. The second kappa shape index (κ2) is 8.31. The molecule has 4 aromatic rings. The average Bonchev–Trinajstić information content (AvgIpc) is 3.09. The number of nitrogens with zero attached hydrogens (tertiary/aromatic N) is 3. The third-order valence-electron chi connectivity index (χ3n) is 5.12. The summed E-state index contributed by atoms with van der Waals surface area (Å²) in [7, 11) is 0. The largest absolute Gasteiger partial charge is 0.465 e. The average molecular weight is 388 g/mol. The van der Waals surface area contributed by atoms with Gasteiger partial charge in [0.15, 0.2) is 0 Å². The molecule has 0 aliphatic heterocycles. The zero-order valence-corrected chi connectivity index (χ0v) is 16.4. The fourth-order valence-corrected chi connectivity index (χ4v) is 3.63. The van der Waals surface area contributed by atoms with Crippen LogP contribution in [0.3, 0.4) is 0 Å². The van der Waals surface area contributed by atoms with Gasteiger partial charge in [0, 0.05) is 24.9 Å².